The molecule has 4 rings (SSSR count). The molecule has 156 valence electrons. The predicted molar refractivity (Wildman–Crippen MR) is 122 cm³/mol. The molecule has 2 amide bonds. The van der Waals surface area contributed by atoms with E-state index in [-0.39, 0.29) is 17.7 Å². The van der Waals surface area contributed by atoms with Crippen LogP contribution in [-0.4, -0.2) is 39.8 Å². The number of aryl methyl sites for hydroxylation is 1. The van der Waals surface area contributed by atoms with Crippen molar-refractivity contribution in [2.24, 2.45) is 5.92 Å². The van der Waals surface area contributed by atoms with E-state index in [9.17, 15) is 9.59 Å². The Bertz CT molecular complexity index is 1010. The highest BCUT2D eigenvalue weighted by Crippen LogP contribution is 2.29. The van der Waals surface area contributed by atoms with Crippen LogP contribution in [0.25, 0.3) is 0 Å². The summed E-state index contributed by atoms with van der Waals surface area (Å²) in [5, 5.41) is 7.49. The van der Waals surface area contributed by atoms with Crippen LogP contribution in [-0.2, 0) is 10.5 Å². The Labute approximate surface area is 187 Å². The number of anilines is 1. The molecule has 1 aliphatic rings. The molecule has 3 heterocycles. The average molecular weight is 459 g/mol. The first-order valence-electron chi connectivity index (χ1n) is 9.71. The molecular formula is C21H22N4O2S3. The molecule has 6 nitrogen and oxygen atoms in total. The van der Waals surface area contributed by atoms with Gasteiger partial charge in [0.2, 0.25) is 5.91 Å². The number of benzene rings is 1. The number of rotatable bonds is 6. The Hall–Kier alpha value is -2.23. The minimum Gasteiger partial charge on any atom is -0.339 e. The standard InChI is InChI=1S/C21H22N4O2S3/c1-14-10-30-21(23-14)24-19(26)15-6-8-25(9-7-15)20(27)17-4-2-3-5-18(17)29-12-16-11-28-13-22-16/h2-5,10-11,13,15H,6-9,12H2,1H3,(H,23,24,26). The summed E-state index contributed by atoms with van der Waals surface area (Å²) in [5.74, 6) is 0.681. The Morgan fingerprint density at radius 3 is 2.73 bits per heavy atom. The smallest absolute Gasteiger partial charge is 0.254 e. The maximum absolute atomic E-state index is 13.1. The summed E-state index contributed by atoms with van der Waals surface area (Å²) in [6.07, 6.45) is 1.33. The third-order valence-corrected chi connectivity index (χ3v) is 7.60. The highest BCUT2D eigenvalue weighted by Gasteiger charge is 2.29. The van der Waals surface area contributed by atoms with E-state index < -0.39 is 0 Å². The first kappa shape index (κ1) is 21.0. The molecule has 9 heteroatoms. The van der Waals surface area contributed by atoms with E-state index in [0.717, 1.165) is 27.6 Å². The van der Waals surface area contributed by atoms with Crippen molar-refractivity contribution in [3.8, 4) is 0 Å². The Morgan fingerprint density at radius 1 is 1.23 bits per heavy atom. The molecule has 0 saturated carbocycles. The van der Waals surface area contributed by atoms with E-state index in [2.05, 4.69) is 15.3 Å². The summed E-state index contributed by atoms with van der Waals surface area (Å²) in [7, 11) is 0. The minimum absolute atomic E-state index is 0.00401. The predicted octanol–water partition coefficient (Wildman–Crippen LogP) is 4.69. The molecular weight excluding hydrogens is 436 g/mol. The number of thioether (sulfide) groups is 1. The first-order chi connectivity index (χ1) is 14.6. The molecule has 3 aromatic rings. The average Bonchev–Trinajstić information content (AvgIpc) is 3.44. The van der Waals surface area contributed by atoms with Gasteiger partial charge in [-0.2, -0.15) is 0 Å². The van der Waals surface area contributed by atoms with Crippen LogP contribution in [0, 0.1) is 12.8 Å². The topological polar surface area (TPSA) is 75.2 Å². The summed E-state index contributed by atoms with van der Waals surface area (Å²) in [6.45, 7) is 3.07. The number of carbonyl (C=O) groups excluding carboxylic acids is 2. The maximum Gasteiger partial charge on any atom is 0.254 e. The van der Waals surface area contributed by atoms with Crippen molar-refractivity contribution < 1.29 is 9.59 Å². The number of nitrogens with one attached hydrogen (secondary N) is 1. The molecule has 1 fully saturated rings. The van der Waals surface area contributed by atoms with Gasteiger partial charge in [0.25, 0.3) is 5.91 Å². The number of aromatic nitrogens is 2. The van der Waals surface area contributed by atoms with Gasteiger partial charge >= 0.3 is 0 Å². The summed E-state index contributed by atoms with van der Waals surface area (Å²) in [5.41, 5.74) is 4.47. The third kappa shape index (κ3) is 5.08. The van der Waals surface area contributed by atoms with Crippen LogP contribution in [0.4, 0.5) is 5.13 Å². The number of thiazole rings is 2. The van der Waals surface area contributed by atoms with Crippen LogP contribution in [0.5, 0.6) is 0 Å². The number of carbonyl (C=O) groups is 2. The largest absolute Gasteiger partial charge is 0.339 e. The molecule has 0 bridgehead atoms. The van der Waals surface area contributed by atoms with Crippen LogP contribution in [0.1, 0.15) is 34.6 Å². The number of hydrogen-bond donors (Lipinski definition) is 1. The van der Waals surface area contributed by atoms with Gasteiger partial charge in [-0.25, -0.2) is 9.97 Å². The molecule has 2 aromatic heterocycles. The van der Waals surface area contributed by atoms with Gasteiger partial charge in [-0.1, -0.05) is 12.1 Å². The van der Waals surface area contributed by atoms with E-state index in [0.29, 0.717) is 31.1 Å². The van der Waals surface area contributed by atoms with Crippen LogP contribution < -0.4 is 5.32 Å². The molecule has 0 radical (unpaired) electrons. The van der Waals surface area contributed by atoms with Gasteiger partial charge < -0.3 is 10.2 Å². The molecule has 1 aromatic carbocycles. The summed E-state index contributed by atoms with van der Waals surface area (Å²) in [4.78, 5) is 37.1. The molecule has 30 heavy (non-hydrogen) atoms. The lowest BCUT2D eigenvalue weighted by Crippen LogP contribution is -2.41. The van der Waals surface area contributed by atoms with Crippen molar-refractivity contribution in [1.29, 1.82) is 0 Å². The third-order valence-electron chi connectivity index (χ3n) is 4.98. The maximum atomic E-state index is 13.1. The number of amides is 2. The van der Waals surface area contributed by atoms with E-state index in [1.165, 1.54) is 11.3 Å². The van der Waals surface area contributed by atoms with Gasteiger partial charge in [0, 0.05) is 40.4 Å². The van der Waals surface area contributed by atoms with Gasteiger partial charge in [0.1, 0.15) is 0 Å². The molecule has 0 unspecified atom stereocenters. The van der Waals surface area contributed by atoms with Crippen LogP contribution in [0.2, 0.25) is 0 Å². The number of nitrogens with zero attached hydrogens (tertiary/aromatic N) is 3. The molecule has 0 spiro atoms. The lowest BCUT2D eigenvalue weighted by molar-refractivity contribution is -0.121. The number of piperidine rings is 1. The van der Waals surface area contributed by atoms with Crippen molar-refractivity contribution in [1.82, 2.24) is 14.9 Å². The summed E-state index contributed by atoms with van der Waals surface area (Å²) >= 11 is 4.64. The lowest BCUT2D eigenvalue weighted by atomic mass is 9.95. The molecule has 1 N–H and O–H groups in total. The molecule has 0 aliphatic carbocycles. The lowest BCUT2D eigenvalue weighted by Gasteiger charge is -2.31. The van der Waals surface area contributed by atoms with Crippen LogP contribution >= 0.6 is 34.4 Å². The zero-order chi connectivity index (χ0) is 20.9. The van der Waals surface area contributed by atoms with Crippen molar-refractivity contribution in [3.05, 3.63) is 57.5 Å². The zero-order valence-corrected chi connectivity index (χ0v) is 19.0. The molecule has 0 atom stereocenters. The highest BCUT2D eigenvalue weighted by molar-refractivity contribution is 7.98. The SMILES string of the molecule is Cc1csc(NC(=O)C2CCN(C(=O)c3ccccc3SCc3cscn3)CC2)n1. The fourth-order valence-corrected chi connectivity index (χ4v) is 5.67. The van der Waals surface area contributed by atoms with Gasteiger partial charge in [0.05, 0.1) is 22.5 Å². The second-order valence-corrected chi connectivity index (χ2v) is 9.71. The van der Waals surface area contributed by atoms with E-state index >= 15 is 0 Å². The van der Waals surface area contributed by atoms with Crippen molar-refractivity contribution in [3.63, 3.8) is 0 Å². The quantitative estimate of drug-likeness (QED) is 0.542. The normalized spacial score (nSPS) is 14.6. The summed E-state index contributed by atoms with van der Waals surface area (Å²) < 4.78 is 0. The van der Waals surface area contributed by atoms with E-state index in [1.54, 1.807) is 23.1 Å². The molecule has 1 aliphatic heterocycles. The van der Waals surface area contributed by atoms with Crippen molar-refractivity contribution in [2.45, 2.75) is 30.4 Å². The van der Waals surface area contributed by atoms with E-state index in [1.807, 2.05) is 52.4 Å². The zero-order valence-electron chi connectivity index (χ0n) is 16.5. The monoisotopic (exact) mass is 458 g/mol. The fourth-order valence-electron chi connectivity index (χ4n) is 3.36. The highest BCUT2D eigenvalue weighted by atomic mass is 32.2. The van der Waals surface area contributed by atoms with Crippen molar-refractivity contribution >= 4 is 51.4 Å². The van der Waals surface area contributed by atoms with Gasteiger partial charge in [0.15, 0.2) is 5.13 Å². The Balaban J connectivity index is 1.34. The van der Waals surface area contributed by atoms with Gasteiger partial charge in [-0.3, -0.25) is 9.59 Å². The van der Waals surface area contributed by atoms with Crippen LogP contribution in [0.15, 0.2) is 45.4 Å². The second-order valence-electron chi connectivity index (χ2n) is 7.11. The van der Waals surface area contributed by atoms with Crippen LogP contribution in [0.3, 0.4) is 0 Å². The van der Waals surface area contributed by atoms with Gasteiger partial charge in [-0.05, 0) is 31.9 Å². The minimum atomic E-state index is -0.0902. The Kier molecular flexibility index (Phi) is 6.81. The Morgan fingerprint density at radius 2 is 2.03 bits per heavy atom. The van der Waals surface area contributed by atoms with E-state index in [4.69, 9.17) is 0 Å². The van der Waals surface area contributed by atoms with Gasteiger partial charge in [-0.15, -0.1) is 34.4 Å². The fraction of sp³-hybridized carbons (Fsp3) is 0.333. The number of likely N-dealkylation sites (tertiary alicyclic amines) is 1. The molecule has 1 saturated heterocycles. The van der Waals surface area contributed by atoms with Crippen molar-refractivity contribution in [2.75, 3.05) is 18.4 Å². The second kappa shape index (κ2) is 9.72. The summed E-state index contributed by atoms with van der Waals surface area (Å²) in [6, 6.07) is 7.73. The first-order valence-corrected chi connectivity index (χ1v) is 12.5. The number of hydrogen-bond acceptors (Lipinski definition) is 7.